The van der Waals surface area contributed by atoms with Gasteiger partial charge in [-0.1, -0.05) is 18.6 Å². The van der Waals surface area contributed by atoms with E-state index in [1.807, 2.05) is 24.3 Å². The molecule has 4 rings (SSSR count). The zero-order valence-electron chi connectivity index (χ0n) is 19.2. The molecular weight excluding hydrogens is 428 g/mol. The molecule has 1 fully saturated rings. The van der Waals surface area contributed by atoms with Crippen LogP contribution in [-0.4, -0.2) is 52.9 Å². The van der Waals surface area contributed by atoms with E-state index in [2.05, 4.69) is 30.8 Å². The van der Waals surface area contributed by atoms with Crippen LogP contribution in [-0.2, 0) is 0 Å². The molecule has 0 spiro atoms. The summed E-state index contributed by atoms with van der Waals surface area (Å²) in [5, 5.41) is 9.04. The van der Waals surface area contributed by atoms with Crippen LogP contribution in [0.15, 0.2) is 67.1 Å². The quantitative estimate of drug-likeness (QED) is 0.418. The number of anilines is 3. The van der Waals surface area contributed by atoms with Crippen molar-refractivity contribution in [3.05, 3.63) is 78.2 Å². The molecule has 1 aromatic heterocycles. The Labute approximate surface area is 199 Å². The van der Waals surface area contributed by atoms with Gasteiger partial charge in [0.2, 0.25) is 0 Å². The number of piperidine rings is 1. The third kappa shape index (κ3) is 6.86. The molecule has 1 aliphatic heterocycles. The third-order valence-corrected chi connectivity index (χ3v) is 5.75. The van der Waals surface area contributed by atoms with E-state index in [1.54, 1.807) is 36.5 Å². The Morgan fingerprint density at radius 2 is 1.59 bits per heavy atom. The molecule has 3 N–H and O–H groups in total. The lowest BCUT2D eigenvalue weighted by Crippen LogP contribution is -2.33. The largest absolute Gasteiger partial charge is 0.355 e. The van der Waals surface area contributed by atoms with Gasteiger partial charge in [-0.15, -0.1) is 0 Å². The lowest BCUT2D eigenvalue weighted by atomic mass is 10.1. The van der Waals surface area contributed by atoms with Crippen molar-refractivity contribution in [2.45, 2.75) is 25.7 Å². The number of hydrogen-bond acceptors (Lipinski definition) is 6. The van der Waals surface area contributed by atoms with Gasteiger partial charge >= 0.3 is 0 Å². The van der Waals surface area contributed by atoms with Crippen molar-refractivity contribution in [2.24, 2.45) is 0 Å². The van der Waals surface area contributed by atoms with Gasteiger partial charge in [0.15, 0.2) is 0 Å². The summed E-state index contributed by atoms with van der Waals surface area (Å²) < 4.78 is 0. The van der Waals surface area contributed by atoms with Crippen molar-refractivity contribution in [1.29, 1.82) is 0 Å². The normalized spacial score (nSPS) is 13.8. The van der Waals surface area contributed by atoms with E-state index in [0.717, 1.165) is 24.3 Å². The first-order valence-electron chi connectivity index (χ1n) is 11.7. The topological polar surface area (TPSA) is 99.2 Å². The maximum absolute atomic E-state index is 12.6. The Morgan fingerprint density at radius 3 is 2.26 bits per heavy atom. The summed E-state index contributed by atoms with van der Waals surface area (Å²) in [5.41, 5.74) is 2.61. The fourth-order valence-corrected chi connectivity index (χ4v) is 3.99. The summed E-state index contributed by atoms with van der Waals surface area (Å²) in [4.78, 5) is 35.5. The fourth-order valence-electron chi connectivity index (χ4n) is 3.99. The highest BCUT2D eigenvalue weighted by atomic mass is 16.2. The van der Waals surface area contributed by atoms with Gasteiger partial charge < -0.3 is 20.9 Å². The number of nitrogens with one attached hydrogen (secondary N) is 3. The second-order valence-electron chi connectivity index (χ2n) is 8.35. The first-order chi connectivity index (χ1) is 16.7. The maximum Gasteiger partial charge on any atom is 0.256 e. The molecule has 2 heterocycles. The molecule has 1 saturated heterocycles. The number of amides is 2. The monoisotopic (exact) mass is 458 g/mol. The standard InChI is InChI=1S/C26H30N6O2/c33-25(28-12-6-16-32-14-2-1-3-15-32)20-7-4-9-22(17-20)30-23-10-5-8-21(18-23)26(34)31-24-11-13-27-19-29-24/h4-5,7-11,13,17-19,30H,1-3,6,12,14-16H2,(H,28,33)(H,27,29,31,34). The average Bonchev–Trinajstić information content (AvgIpc) is 2.88. The Kier molecular flexibility index (Phi) is 8.18. The third-order valence-electron chi connectivity index (χ3n) is 5.75. The van der Waals surface area contributed by atoms with Crippen LogP contribution in [0.5, 0.6) is 0 Å². The summed E-state index contributed by atoms with van der Waals surface area (Å²) in [5.74, 6) is 0.0910. The van der Waals surface area contributed by atoms with E-state index < -0.39 is 0 Å². The number of hydrogen-bond donors (Lipinski definition) is 3. The minimum Gasteiger partial charge on any atom is -0.355 e. The predicted octanol–water partition coefficient (Wildman–Crippen LogP) is 4.08. The van der Waals surface area contributed by atoms with Crippen molar-refractivity contribution >= 4 is 29.0 Å². The lowest BCUT2D eigenvalue weighted by Gasteiger charge is -2.26. The molecular formula is C26H30N6O2. The van der Waals surface area contributed by atoms with Crippen molar-refractivity contribution in [1.82, 2.24) is 20.2 Å². The predicted molar refractivity (Wildman–Crippen MR) is 133 cm³/mol. The summed E-state index contributed by atoms with van der Waals surface area (Å²) in [6.45, 7) is 4.04. The van der Waals surface area contributed by atoms with Gasteiger partial charge in [-0.2, -0.15) is 0 Å². The van der Waals surface area contributed by atoms with Gasteiger partial charge in [-0.25, -0.2) is 9.97 Å². The van der Waals surface area contributed by atoms with E-state index in [4.69, 9.17) is 0 Å². The first-order valence-corrected chi connectivity index (χ1v) is 11.7. The van der Waals surface area contributed by atoms with Crippen LogP contribution in [0.1, 0.15) is 46.4 Å². The molecule has 0 radical (unpaired) electrons. The highest BCUT2D eigenvalue weighted by Gasteiger charge is 2.11. The summed E-state index contributed by atoms with van der Waals surface area (Å²) >= 11 is 0. The van der Waals surface area contributed by atoms with Gasteiger partial charge in [-0.05, 0) is 81.4 Å². The highest BCUT2D eigenvalue weighted by Crippen LogP contribution is 2.20. The minimum absolute atomic E-state index is 0.0831. The van der Waals surface area contributed by atoms with Crippen LogP contribution in [0, 0.1) is 0 Å². The Morgan fingerprint density at radius 1 is 0.882 bits per heavy atom. The zero-order valence-corrected chi connectivity index (χ0v) is 19.2. The van der Waals surface area contributed by atoms with Gasteiger partial charge in [-0.3, -0.25) is 9.59 Å². The lowest BCUT2D eigenvalue weighted by molar-refractivity contribution is 0.0950. The van der Waals surface area contributed by atoms with Crippen LogP contribution in [0.25, 0.3) is 0 Å². The number of nitrogens with zero attached hydrogens (tertiary/aromatic N) is 3. The summed E-state index contributed by atoms with van der Waals surface area (Å²) in [7, 11) is 0. The molecule has 0 bridgehead atoms. The highest BCUT2D eigenvalue weighted by molar-refractivity contribution is 6.04. The van der Waals surface area contributed by atoms with E-state index in [-0.39, 0.29) is 11.8 Å². The van der Waals surface area contributed by atoms with Crippen LogP contribution >= 0.6 is 0 Å². The van der Waals surface area contributed by atoms with Crippen LogP contribution in [0.4, 0.5) is 17.2 Å². The second-order valence-corrected chi connectivity index (χ2v) is 8.35. The molecule has 176 valence electrons. The molecule has 8 heteroatoms. The van der Waals surface area contributed by atoms with Gasteiger partial charge in [0.1, 0.15) is 12.1 Å². The first kappa shape index (κ1) is 23.4. The number of rotatable bonds is 9. The van der Waals surface area contributed by atoms with E-state index in [1.165, 1.54) is 38.7 Å². The number of carbonyl (C=O) groups excluding carboxylic acids is 2. The summed E-state index contributed by atoms with van der Waals surface area (Å²) in [6.07, 6.45) is 7.79. The van der Waals surface area contributed by atoms with E-state index in [0.29, 0.717) is 23.5 Å². The molecule has 0 unspecified atom stereocenters. The number of aromatic nitrogens is 2. The van der Waals surface area contributed by atoms with Crippen molar-refractivity contribution in [2.75, 3.05) is 36.8 Å². The zero-order chi connectivity index (χ0) is 23.6. The minimum atomic E-state index is -0.264. The number of carbonyl (C=O) groups is 2. The number of likely N-dealkylation sites (tertiary alicyclic amines) is 1. The van der Waals surface area contributed by atoms with Gasteiger partial charge in [0, 0.05) is 35.2 Å². The SMILES string of the molecule is O=C(NCCCN1CCCCC1)c1cccc(Nc2cccc(C(=O)Nc3ccncn3)c2)c1. The smallest absolute Gasteiger partial charge is 0.256 e. The van der Waals surface area contributed by atoms with Crippen LogP contribution < -0.4 is 16.0 Å². The molecule has 8 nitrogen and oxygen atoms in total. The fraction of sp³-hybridized carbons (Fsp3) is 0.308. The molecule has 0 aliphatic carbocycles. The van der Waals surface area contributed by atoms with E-state index in [9.17, 15) is 9.59 Å². The van der Waals surface area contributed by atoms with Crippen molar-refractivity contribution in [3.8, 4) is 0 Å². The number of benzene rings is 2. The Balaban J connectivity index is 1.30. The molecule has 1 aliphatic rings. The molecule has 0 saturated carbocycles. The van der Waals surface area contributed by atoms with E-state index >= 15 is 0 Å². The molecule has 34 heavy (non-hydrogen) atoms. The molecule has 2 amide bonds. The average molecular weight is 459 g/mol. The van der Waals surface area contributed by atoms with Gasteiger partial charge in [0.25, 0.3) is 11.8 Å². The molecule has 2 aromatic carbocycles. The Bertz CT molecular complexity index is 1100. The van der Waals surface area contributed by atoms with Crippen molar-refractivity contribution < 1.29 is 9.59 Å². The Hall–Kier alpha value is -3.78. The molecule has 3 aromatic rings. The van der Waals surface area contributed by atoms with Crippen molar-refractivity contribution in [3.63, 3.8) is 0 Å². The maximum atomic E-state index is 12.6. The second kappa shape index (κ2) is 11.9. The van der Waals surface area contributed by atoms with Crippen LogP contribution in [0.2, 0.25) is 0 Å². The summed E-state index contributed by atoms with van der Waals surface area (Å²) in [6, 6.07) is 16.1. The molecule has 0 atom stereocenters. The van der Waals surface area contributed by atoms with Gasteiger partial charge in [0.05, 0.1) is 0 Å². The van der Waals surface area contributed by atoms with Crippen LogP contribution in [0.3, 0.4) is 0 Å².